The van der Waals surface area contributed by atoms with Crippen molar-refractivity contribution in [2.24, 2.45) is 4.99 Å². The third-order valence-corrected chi connectivity index (χ3v) is 3.34. The number of carboxylic acid groups (broad SMARTS) is 1. The summed E-state index contributed by atoms with van der Waals surface area (Å²) in [7, 11) is 0. The van der Waals surface area contributed by atoms with Gasteiger partial charge in [-0.15, -0.1) is 0 Å². The van der Waals surface area contributed by atoms with Crippen LogP contribution in [0, 0.1) is 0 Å². The highest BCUT2D eigenvalue weighted by atomic mass is 16.4. The van der Waals surface area contributed by atoms with Crippen molar-refractivity contribution in [3.63, 3.8) is 0 Å². The van der Waals surface area contributed by atoms with E-state index in [1.54, 1.807) is 6.92 Å². The second-order valence-corrected chi connectivity index (χ2v) is 4.16. The van der Waals surface area contributed by atoms with Crippen molar-refractivity contribution in [2.75, 3.05) is 0 Å². The Bertz CT molecular complexity index is 447. The molecule has 4 nitrogen and oxygen atoms in total. The highest BCUT2D eigenvalue weighted by Gasteiger charge is 2.44. The zero-order valence-corrected chi connectivity index (χ0v) is 10.6. The van der Waals surface area contributed by atoms with Gasteiger partial charge in [-0.05, 0) is 18.4 Å². The molecule has 0 heterocycles. The first-order chi connectivity index (χ1) is 8.62. The number of carbonyl (C=O) groups is 1. The van der Waals surface area contributed by atoms with E-state index < -0.39 is 11.5 Å². The average molecular weight is 247 g/mol. The number of carbonyl (C=O) groups excluding carboxylic acids is 1. The molecule has 0 saturated heterocycles. The van der Waals surface area contributed by atoms with Crippen molar-refractivity contribution >= 4 is 12.0 Å². The van der Waals surface area contributed by atoms with Gasteiger partial charge in [-0.25, -0.2) is 9.59 Å². The number of hydrogen-bond donors (Lipinski definition) is 1. The molecule has 0 bridgehead atoms. The molecule has 0 saturated carbocycles. The molecule has 0 aliphatic carbocycles. The lowest BCUT2D eigenvalue weighted by Crippen LogP contribution is -2.42. The van der Waals surface area contributed by atoms with Crippen molar-refractivity contribution in [1.82, 2.24) is 0 Å². The van der Waals surface area contributed by atoms with E-state index >= 15 is 0 Å². The summed E-state index contributed by atoms with van der Waals surface area (Å²) in [6.07, 6.45) is 2.27. The van der Waals surface area contributed by atoms with Gasteiger partial charge >= 0.3 is 5.97 Å². The maximum atomic E-state index is 11.5. The molecule has 0 aromatic heterocycles. The summed E-state index contributed by atoms with van der Waals surface area (Å²) in [6, 6.07) is 9.30. The summed E-state index contributed by atoms with van der Waals surface area (Å²) in [5, 5.41) is 9.45. The first kappa shape index (κ1) is 14.1. The lowest BCUT2D eigenvalue weighted by molar-refractivity contribution is -0.144. The van der Waals surface area contributed by atoms with Crippen molar-refractivity contribution in [3.8, 4) is 0 Å². The van der Waals surface area contributed by atoms with Crippen molar-refractivity contribution in [2.45, 2.75) is 38.1 Å². The zero-order valence-electron chi connectivity index (χ0n) is 10.6. The lowest BCUT2D eigenvalue weighted by atomic mass is 9.76. The number of rotatable bonds is 6. The molecule has 1 aromatic carbocycles. The Balaban J connectivity index is 3.33. The third-order valence-electron chi connectivity index (χ3n) is 3.34. The third kappa shape index (κ3) is 2.49. The van der Waals surface area contributed by atoms with E-state index in [4.69, 9.17) is 0 Å². The Labute approximate surface area is 106 Å². The zero-order chi connectivity index (χ0) is 13.6. The Morgan fingerprint density at radius 1 is 1.39 bits per heavy atom. The fourth-order valence-corrected chi connectivity index (χ4v) is 2.37. The van der Waals surface area contributed by atoms with Gasteiger partial charge in [0.1, 0.15) is 0 Å². The summed E-state index contributed by atoms with van der Waals surface area (Å²) >= 11 is 0. The molecule has 1 aromatic rings. The number of aliphatic imine (C=N–C) groups is 1. The van der Waals surface area contributed by atoms with Gasteiger partial charge in [0, 0.05) is 5.92 Å². The lowest BCUT2D eigenvalue weighted by Gasteiger charge is -2.31. The van der Waals surface area contributed by atoms with Gasteiger partial charge in [0.05, 0.1) is 0 Å². The predicted molar refractivity (Wildman–Crippen MR) is 68.3 cm³/mol. The van der Waals surface area contributed by atoms with Gasteiger partial charge in [-0.3, -0.25) is 0 Å². The van der Waals surface area contributed by atoms with Crippen LogP contribution in [-0.2, 0) is 9.59 Å². The van der Waals surface area contributed by atoms with Gasteiger partial charge in [-0.2, -0.15) is 4.99 Å². The number of aliphatic carboxylic acids is 1. The van der Waals surface area contributed by atoms with E-state index in [-0.39, 0.29) is 12.3 Å². The van der Waals surface area contributed by atoms with Crippen LogP contribution >= 0.6 is 0 Å². The van der Waals surface area contributed by atoms with Gasteiger partial charge in [0.25, 0.3) is 0 Å². The quantitative estimate of drug-likeness (QED) is 0.620. The molecule has 0 aliphatic heterocycles. The van der Waals surface area contributed by atoms with E-state index in [1.165, 1.54) is 6.08 Å². The molecule has 2 unspecified atom stereocenters. The minimum Gasteiger partial charge on any atom is -0.479 e. The molecule has 0 aliphatic rings. The molecule has 0 amide bonds. The molecular weight excluding hydrogens is 230 g/mol. The highest BCUT2D eigenvalue weighted by molar-refractivity contribution is 5.81. The first-order valence-corrected chi connectivity index (χ1v) is 5.99. The Morgan fingerprint density at radius 2 is 2.00 bits per heavy atom. The van der Waals surface area contributed by atoms with E-state index in [2.05, 4.69) is 4.99 Å². The van der Waals surface area contributed by atoms with E-state index in [0.29, 0.717) is 6.42 Å². The SMILES string of the molecule is CCC(c1ccccc1)C(CC)(N=C=O)C(=O)O. The Morgan fingerprint density at radius 3 is 2.39 bits per heavy atom. The van der Waals surface area contributed by atoms with Crippen LogP contribution in [0.4, 0.5) is 0 Å². The van der Waals surface area contributed by atoms with Crippen LogP contribution < -0.4 is 0 Å². The standard InChI is InChI=1S/C14H17NO3/c1-3-12(11-8-6-5-7-9-11)14(4-2,13(17)18)15-10-16/h5-9,12H,3-4H2,1-2H3,(H,17,18). The molecule has 1 N–H and O–H groups in total. The molecule has 1 rings (SSSR count). The summed E-state index contributed by atoms with van der Waals surface area (Å²) < 4.78 is 0. The fourth-order valence-electron chi connectivity index (χ4n) is 2.37. The molecule has 0 spiro atoms. The topological polar surface area (TPSA) is 66.7 Å². The molecule has 2 atom stereocenters. The van der Waals surface area contributed by atoms with Crippen LogP contribution in [0.3, 0.4) is 0 Å². The second-order valence-electron chi connectivity index (χ2n) is 4.16. The minimum absolute atomic E-state index is 0.255. The molecule has 96 valence electrons. The number of nitrogens with zero attached hydrogens (tertiary/aromatic N) is 1. The molecular formula is C14H17NO3. The average Bonchev–Trinajstić information content (AvgIpc) is 2.39. The van der Waals surface area contributed by atoms with Gasteiger partial charge in [-0.1, -0.05) is 44.2 Å². The monoisotopic (exact) mass is 247 g/mol. The second kappa shape index (κ2) is 6.12. The number of carboxylic acids is 1. The molecule has 0 fully saturated rings. The fraction of sp³-hybridized carbons (Fsp3) is 0.429. The highest BCUT2D eigenvalue weighted by Crippen LogP contribution is 2.37. The normalized spacial score (nSPS) is 15.2. The maximum Gasteiger partial charge on any atom is 0.333 e. The van der Waals surface area contributed by atoms with Crippen molar-refractivity contribution < 1.29 is 14.7 Å². The molecule has 0 radical (unpaired) electrons. The van der Waals surface area contributed by atoms with Crippen LogP contribution in [0.25, 0.3) is 0 Å². The van der Waals surface area contributed by atoms with Gasteiger partial charge in [0.2, 0.25) is 6.08 Å². The van der Waals surface area contributed by atoms with Gasteiger partial charge in [0.15, 0.2) is 5.54 Å². The number of benzene rings is 1. The summed E-state index contributed by atoms with van der Waals surface area (Å²) in [5.41, 5.74) is -0.541. The van der Waals surface area contributed by atoms with Gasteiger partial charge < -0.3 is 5.11 Å². The maximum absolute atomic E-state index is 11.5. The number of hydrogen-bond acceptors (Lipinski definition) is 3. The summed E-state index contributed by atoms with van der Waals surface area (Å²) in [5.74, 6) is -1.41. The van der Waals surface area contributed by atoms with E-state index in [1.807, 2.05) is 37.3 Å². The number of isocyanates is 1. The van der Waals surface area contributed by atoms with Crippen LogP contribution in [0.15, 0.2) is 35.3 Å². The van der Waals surface area contributed by atoms with Crippen LogP contribution in [-0.4, -0.2) is 22.7 Å². The minimum atomic E-state index is -1.42. The first-order valence-electron chi connectivity index (χ1n) is 5.99. The van der Waals surface area contributed by atoms with E-state index in [0.717, 1.165) is 5.56 Å². The van der Waals surface area contributed by atoms with Crippen molar-refractivity contribution in [1.29, 1.82) is 0 Å². The Kier molecular flexibility index (Phi) is 4.81. The largest absolute Gasteiger partial charge is 0.479 e. The Hall–Kier alpha value is -1.93. The van der Waals surface area contributed by atoms with E-state index in [9.17, 15) is 14.7 Å². The predicted octanol–water partition coefficient (Wildman–Crippen LogP) is 2.75. The van der Waals surface area contributed by atoms with Crippen LogP contribution in [0.5, 0.6) is 0 Å². The van der Waals surface area contributed by atoms with Crippen LogP contribution in [0.2, 0.25) is 0 Å². The van der Waals surface area contributed by atoms with Crippen LogP contribution in [0.1, 0.15) is 38.2 Å². The van der Waals surface area contributed by atoms with Crippen molar-refractivity contribution in [3.05, 3.63) is 35.9 Å². The molecule has 18 heavy (non-hydrogen) atoms. The summed E-state index contributed by atoms with van der Waals surface area (Å²) in [6.45, 7) is 3.62. The summed E-state index contributed by atoms with van der Waals surface area (Å²) in [4.78, 5) is 25.7. The molecule has 4 heteroatoms. The smallest absolute Gasteiger partial charge is 0.333 e.